The normalized spacial score (nSPS) is 12.9. The SMILES string of the molecule is CC(C)(C)c1cccc([I+]c2ccccc2)c1C(C)(C)C.O=S(=O)([O-])C(F)(F)F. The summed E-state index contributed by atoms with van der Waals surface area (Å²) in [6.45, 7) is 14.0. The molecule has 0 saturated carbocycles. The Bertz CT molecular complexity index is 911. The van der Waals surface area contributed by atoms with Gasteiger partial charge in [-0.25, -0.2) is 8.42 Å². The van der Waals surface area contributed by atoms with Crippen LogP contribution >= 0.6 is 0 Å². The molecule has 162 valence electrons. The fourth-order valence-electron chi connectivity index (χ4n) is 2.59. The molecule has 0 unspecified atom stereocenters. The Morgan fingerprint density at radius 1 is 0.793 bits per heavy atom. The van der Waals surface area contributed by atoms with Crippen LogP contribution in [-0.2, 0) is 20.9 Å². The first-order chi connectivity index (χ1) is 12.9. The summed E-state index contributed by atoms with van der Waals surface area (Å²) in [6, 6.07) is 17.8. The Kier molecular flexibility index (Phi) is 8.35. The van der Waals surface area contributed by atoms with Crippen LogP contribution in [0.5, 0.6) is 0 Å². The maximum atomic E-state index is 10.7. The van der Waals surface area contributed by atoms with Gasteiger partial charge in [0.05, 0.1) is 0 Å². The van der Waals surface area contributed by atoms with Gasteiger partial charge in [0.1, 0.15) is 0 Å². The summed E-state index contributed by atoms with van der Waals surface area (Å²) >= 11 is -0.124. The van der Waals surface area contributed by atoms with Crippen LogP contribution in [0, 0.1) is 7.14 Å². The molecule has 0 N–H and O–H groups in total. The van der Waals surface area contributed by atoms with E-state index >= 15 is 0 Å². The lowest BCUT2D eigenvalue weighted by atomic mass is 9.75. The van der Waals surface area contributed by atoms with Crippen molar-refractivity contribution in [2.24, 2.45) is 0 Å². The van der Waals surface area contributed by atoms with Gasteiger partial charge in [0.2, 0.25) is 0 Å². The molecule has 0 heterocycles. The summed E-state index contributed by atoms with van der Waals surface area (Å²) < 4.78 is 62.0. The molecular weight excluding hydrogens is 516 g/mol. The van der Waals surface area contributed by atoms with Gasteiger partial charge < -0.3 is 4.55 Å². The fraction of sp³-hybridized carbons (Fsp3) is 0.429. The van der Waals surface area contributed by atoms with Gasteiger partial charge in [0, 0.05) is 5.56 Å². The number of halogens is 4. The first kappa shape index (κ1) is 25.9. The molecule has 0 bridgehead atoms. The monoisotopic (exact) mass is 542 g/mol. The van der Waals surface area contributed by atoms with E-state index in [9.17, 15) is 13.2 Å². The molecule has 0 spiro atoms. The maximum Gasteiger partial charge on any atom is 0.485 e. The molecule has 0 saturated heterocycles. The number of rotatable bonds is 2. The first-order valence-corrected chi connectivity index (χ1v) is 12.4. The molecule has 0 aliphatic carbocycles. The molecule has 0 aliphatic heterocycles. The highest BCUT2D eigenvalue weighted by Gasteiger charge is 2.37. The van der Waals surface area contributed by atoms with Gasteiger partial charge in [-0.05, 0) is 34.6 Å². The van der Waals surface area contributed by atoms with E-state index in [1.54, 1.807) is 9.13 Å². The van der Waals surface area contributed by atoms with Crippen molar-refractivity contribution in [2.45, 2.75) is 57.9 Å². The van der Waals surface area contributed by atoms with Gasteiger partial charge >= 0.3 is 26.7 Å². The van der Waals surface area contributed by atoms with Crippen LogP contribution in [0.2, 0.25) is 0 Å². The van der Waals surface area contributed by atoms with Gasteiger partial charge in [-0.2, -0.15) is 13.2 Å². The Hall–Kier alpha value is -1.13. The van der Waals surface area contributed by atoms with Crippen molar-refractivity contribution in [1.29, 1.82) is 0 Å². The molecule has 0 atom stereocenters. The lowest BCUT2D eigenvalue weighted by Crippen LogP contribution is -3.61. The highest BCUT2D eigenvalue weighted by molar-refractivity contribution is 7.86. The molecule has 0 radical (unpaired) electrons. The van der Waals surface area contributed by atoms with Crippen molar-refractivity contribution < 1.29 is 47.3 Å². The second-order valence-corrected chi connectivity index (χ2v) is 12.8. The summed E-state index contributed by atoms with van der Waals surface area (Å²) in [4.78, 5) is 0. The number of alkyl halides is 3. The Balaban J connectivity index is 0.000000447. The van der Waals surface area contributed by atoms with Crippen LogP contribution in [-0.4, -0.2) is 18.5 Å². The first-order valence-electron chi connectivity index (χ1n) is 8.80. The van der Waals surface area contributed by atoms with Crippen LogP contribution in [0.15, 0.2) is 48.5 Å². The standard InChI is InChI=1S/C20H26I.CHF3O3S/c1-19(2,3)16-13-10-14-17(18(16)20(4,5)6)21-15-11-8-7-9-12-15;2-1(3,4)8(5,6)7/h7-14H,1-6H3;(H,5,6,7)/q+1;/p-1. The van der Waals surface area contributed by atoms with Gasteiger partial charge in [-0.1, -0.05) is 71.9 Å². The summed E-state index contributed by atoms with van der Waals surface area (Å²) in [5, 5.41) is 0. The number of hydrogen-bond donors (Lipinski definition) is 0. The molecule has 8 heteroatoms. The maximum absolute atomic E-state index is 10.7. The number of hydrogen-bond acceptors (Lipinski definition) is 3. The molecule has 29 heavy (non-hydrogen) atoms. The molecule has 0 aromatic heterocycles. The zero-order valence-electron chi connectivity index (χ0n) is 17.3. The largest absolute Gasteiger partial charge is 0.741 e. The van der Waals surface area contributed by atoms with E-state index in [0.29, 0.717) is 0 Å². The number of benzene rings is 2. The second-order valence-electron chi connectivity index (χ2n) is 8.45. The summed E-state index contributed by atoms with van der Waals surface area (Å²) in [6.07, 6.45) is 0. The van der Waals surface area contributed by atoms with Crippen molar-refractivity contribution in [1.82, 2.24) is 0 Å². The average Bonchev–Trinajstić information content (AvgIpc) is 2.52. The predicted octanol–water partition coefficient (Wildman–Crippen LogP) is 2.46. The quantitative estimate of drug-likeness (QED) is 0.333. The minimum atomic E-state index is -6.09. The van der Waals surface area contributed by atoms with Crippen molar-refractivity contribution >= 4 is 10.1 Å². The van der Waals surface area contributed by atoms with Crippen molar-refractivity contribution in [2.75, 3.05) is 0 Å². The third-order valence-corrected chi connectivity index (χ3v) is 7.19. The molecule has 2 rings (SSSR count). The van der Waals surface area contributed by atoms with E-state index in [1.807, 2.05) is 0 Å². The second kappa shape index (κ2) is 9.34. The third kappa shape index (κ3) is 7.90. The van der Waals surface area contributed by atoms with Crippen LogP contribution in [0.4, 0.5) is 13.2 Å². The van der Waals surface area contributed by atoms with Crippen LogP contribution in [0.1, 0.15) is 52.7 Å². The van der Waals surface area contributed by atoms with Gasteiger partial charge in [0.25, 0.3) is 0 Å². The molecule has 0 amide bonds. The Morgan fingerprint density at radius 2 is 1.28 bits per heavy atom. The highest BCUT2D eigenvalue weighted by Crippen LogP contribution is 2.33. The molecule has 2 aromatic carbocycles. The smallest absolute Gasteiger partial charge is 0.485 e. The van der Waals surface area contributed by atoms with Crippen LogP contribution in [0.25, 0.3) is 0 Å². The van der Waals surface area contributed by atoms with E-state index < -0.39 is 15.6 Å². The lowest BCUT2D eigenvalue weighted by molar-refractivity contribution is -0.598. The lowest BCUT2D eigenvalue weighted by Gasteiger charge is -2.29. The van der Waals surface area contributed by atoms with Gasteiger partial charge in [-0.3, -0.25) is 0 Å². The Labute approximate surface area is 181 Å². The van der Waals surface area contributed by atoms with E-state index in [0.717, 1.165) is 0 Å². The molecular formula is C21H26F3IO3S. The van der Waals surface area contributed by atoms with Gasteiger partial charge in [-0.15, -0.1) is 0 Å². The Morgan fingerprint density at radius 3 is 1.66 bits per heavy atom. The van der Waals surface area contributed by atoms with Crippen LogP contribution < -0.4 is 21.2 Å². The fourth-order valence-corrected chi connectivity index (χ4v) is 5.79. The third-order valence-electron chi connectivity index (χ3n) is 3.80. The van der Waals surface area contributed by atoms with Crippen molar-refractivity contribution in [3.63, 3.8) is 0 Å². The van der Waals surface area contributed by atoms with Crippen molar-refractivity contribution in [3.05, 3.63) is 66.8 Å². The predicted molar refractivity (Wildman–Crippen MR) is 103 cm³/mol. The van der Waals surface area contributed by atoms with E-state index in [4.69, 9.17) is 13.0 Å². The molecule has 0 aliphatic rings. The van der Waals surface area contributed by atoms with Crippen LogP contribution in [0.3, 0.4) is 0 Å². The zero-order valence-corrected chi connectivity index (χ0v) is 20.2. The molecule has 0 fully saturated rings. The zero-order chi connectivity index (χ0) is 22.7. The summed E-state index contributed by atoms with van der Waals surface area (Å²) in [5.74, 6) is 0. The topological polar surface area (TPSA) is 57.2 Å². The van der Waals surface area contributed by atoms with E-state index in [2.05, 4.69) is 90.1 Å². The minimum absolute atomic E-state index is 0.124. The van der Waals surface area contributed by atoms with E-state index in [1.165, 1.54) is 9.13 Å². The highest BCUT2D eigenvalue weighted by atomic mass is 127. The van der Waals surface area contributed by atoms with E-state index in [-0.39, 0.29) is 32.0 Å². The minimum Gasteiger partial charge on any atom is -0.741 e. The van der Waals surface area contributed by atoms with Crippen molar-refractivity contribution in [3.8, 4) is 0 Å². The molecule has 2 aromatic rings. The average molecular weight is 542 g/mol. The summed E-state index contributed by atoms with van der Waals surface area (Å²) in [5.41, 5.74) is -2.20. The van der Waals surface area contributed by atoms with Gasteiger partial charge in [0.15, 0.2) is 17.3 Å². The summed E-state index contributed by atoms with van der Waals surface area (Å²) in [7, 11) is -6.09. The molecule has 3 nitrogen and oxygen atoms in total.